The first kappa shape index (κ1) is 14.0. The van der Waals surface area contributed by atoms with Crippen molar-refractivity contribution < 1.29 is 0 Å². The summed E-state index contributed by atoms with van der Waals surface area (Å²) in [5.41, 5.74) is 12.1. The summed E-state index contributed by atoms with van der Waals surface area (Å²) in [5, 5.41) is 0. The van der Waals surface area contributed by atoms with E-state index in [2.05, 4.69) is 51.6 Å². The predicted octanol–water partition coefficient (Wildman–Crippen LogP) is 3.77. The molecule has 0 bridgehead atoms. The Kier molecular flexibility index (Phi) is 4.08. The highest BCUT2D eigenvalue weighted by molar-refractivity contribution is 8.00. The minimum Gasteiger partial charge on any atom is -0.326 e. The van der Waals surface area contributed by atoms with Gasteiger partial charge in [0, 0.05) is 10.8 Å². The molecule has 1 aliphatic heterocycles. The number of thioether (sulfide) groups is 1. The molecule has 18 heavy (non-hydrogen) atoms. The molecule has 2 N–H and O–H groups in total. The third-order valence-corrected chi connectivity index (χ3v) is 5.96. The van der Waals surface area contributed by atoms with Gasteiger partial charge in [-0.25, -0.2) is 0 Å². The van der Waals surface area contributed by atoms with Gasteiger partial charge < -0.3 is 5.73 Å². The van der Waals surface area contributed by atoms with Crippen molar-refractivity contribution in [2.24, 2.45) is 5.73 Å². The normalized spacial score (nSPS) is 25.4. The standard InChI is InChI=1S/C16H25NS/c1-11-8-12(2)14(13(3)9-11)10-15(17)16(4)6-5-7-18-16/h8-9,15H,5-7,10,17H2,1-4H3. The molecule has 1 aromatic carbocycles. The van der Waals surface area contributed by atoms with Crippen LogP contribution in [0.1, 0.15) is 42.0 Å². The van der Waals surface area contributed by atoms with Crippen molar-refractivity contribution in [3.8, 4) is 0 Å². The lowest BCUT2D eigenvalue weighted by Crippen LogP contribution is -2.43. The van der Waals surface area contributed by atoms with Crippen LogP contribution in [0.2, 0.25) is 0 Å². The van der Waals surface area contributed by atoms with E-state index >= 15 is 0 Å². The molecule has 2 rings (SSSR count). The molecule has 1 aromatic rings. The molecule has 0 amide bonds. The first-order chi connectivity index (χ1) is 8.42. The van der Waals surface area contributed by atoms with Gasteiger partial charge in [-0.15, -0.1) is 0 Å². The SMILES string of the molecule is Cc1cc(C)c(CC(N)C2(C)CCCS2)c(C)c1. The van der Waals surface area contributed by atoms with Gasteiger partial charge in [0.25, 0.3) is 0 Å². The zero-order chi connectivity index (χ0) is 13.3. The van der Waals surface area contributed by atoms with Crippen molar-refractivity contribution in [2.75, 3.05) is 5.75 Å². The number of benzene rings is 1. The van der Waals surface area contributed by atoms with E-state index in [0.29, 0.717) is 0 Å². The fraction of sp³-hybridized carbons (Fsp3) is 0.625. The minimum atomic E-state index is 0.269. The number of rotatable bonds is 3. The van der Waals surface area contributed by atoms with Gasteiger partial charge >= 0.3 is 0 Å². The van der Waals surface area contributed by atoms with E-state index in [1.165, 1.54) is 40.8 Å². The summed E-state index contributed by atoms with van der Waals surface area (Å²) in [6.45, 7) is 8.93. The first-order valence-electron chi connectivity index (χ1n) is 6.88. The van der Waals surface area contributed by atoms with E-state index < -0.39 is 0 Å². The van der Waals surface area contributed by atoms with Gasteiger partial charge in [-0.3, -0.25) is 0 Å². The Hall–Kier alpha value is -0.470. The van der Waals surface area contributed by atoms with E-state index in [-0.39, 0.29) is 10.8 Å². The van der Waals surface area contributed by atoms with E-state index in [0.717, 1.165) is 6.42 Å². The Morgan fingerprint density at radius 2 is 1.89 bits per heavy atom. The van der Waals surface area contributed by atoms with Crippen molar-refractivity contribution in [2.45, 2.75) is 57.7 Å². The van der Waals surface area contributed by atoms with Gasteiger partial charge in [0.05, 0.1) is 0 Å². The molecule has 1 fully saturated rings. The van der Waals surface area contributed by atoms with Crippen molar-refractivity contribution in [3.05, 3.63) is 34.4 Å². The van der Waals surface area contributed by atoms with Gasteiger partial charge in [-0.05, 0) is 69.4 Å². The molecular weight excluding hydrogens is 238 g/mol. The summed E-state index contributed by atoms with van der Waals surface area (Å²) < 4.78 is 0.282. The second kappa shape index (κ2) is 5.26. The van der Waals surface area contributed by atoms with E-state index in [1.807, 2.05) is 0 Å². The summed E-state index contributed by atoms with van der Waals surface area (Å²) in [7, 11) is 0. The molecule has 1 heterocycles. The fourth-order valence-corrected chi connectivity index (χ4v) is 4.40. The van der Waals surface area contributed by atoms with Crippen molar-refractivity contribution in [1.82, 2.24) is 0 Å². The lowest BCUT2D eigenvalue weighted by atomic mass is 9.88. The predicted molar refractivity (Wildman–Crippen MR) is 82.4 cm³/mol. The molecule has 0 aromatic heterocycles. The van der Waals surface area contributed by atoms with Crippen LogP contribution in [0.25, 0.3) is 0 Å². The third-order valence-electron chi connectivity index (χ3n) is 4.30. The van der Waals surface area contributed by atoms with Crippen LogP contribution >= 0.6 is 11.8 Å². The van der Waals surface area contributed by atoms with Crippen molar-refractivity contribution in [3.63, 3.8) is 0 Å². The highest BCUT2D eigenvalue weighted by Crippen LogP contribution is 2.40. The van der Waals surface area contributed by atoms with E-state index in [1.54, 1.807) is 0 Å². The Morgan fingerprint density at radius 1 is 1.28 bits per heavy atom. The second-order valence-electron chi connectivity index (χ2n) is 5.95. The molecular formula is C16H25NS. The summed E-state index contributed by atoms with van der Waals surface area (Å²) in [6, 6.07) is 4.82. The van der Waals surface area contributed by atoms with E-state index in [9.17, 15) is 0 Å². The highest BCUT2D eigenvalue weighted by Gasteiger charge is 2.35. The Bertz CT molecular complexity index is 410. The number of nitrogens with two attached hydrogens (primary N) is 1. The zero-order valence-corrected chi connectivity index (χ0v) is 12.9. The quantitative estimate of drug-likeness (QED) is 0.898. The molecule has 100 valence electrons. The molecule has 2 heteroatoms. The number of hydrogen-bond donors (Lipinski definition) is 1. The maximum atomic E-state index is 6.50. The fourth-order valence-electron chi connectivity index (χ4n) is 3.06. The van der Waals surface area contributed by atoms with Crippen LogP contribution in [-0.2, 0) is 6.42 Å². The van der Waals surface area contributed by atoms with Crippen LogP contribution in [0, 0.1) is 20.8 Å². The van der Waals surface area contributed by atoms with Crippen molar-refractivity contribution >= 4 is 11.8 Å². The molecule has 1 saturated heterocycles. The van der Waals surface area contributed by atoms with Gasteiger partial charge in [0.2, 0.25) is 0 Å². The molecule has 2 atom stereocenters. The average molecular weight is 263 g/mol. The van der Waals surface area contributed by atoms with Crippen LogP contribution in [0.3, 0.4) is 0 Å². The number of hydrogen-bond acceptors (Lipinski definition) is 2. The lowest BCUT2D eigenvalue weighted by Gasteiger charge is -2.31. The monoisotopic (exact) mass is 263 g/mol. The summed E-state index contributed by atoms with van der Waals surface area (Å²) in [5.74, 6) is 1.27. The highest BCUT2D eigenvalue weighted by atomic mass is 32.2. The summed E-state index contributed by atoms with van der Waals surface area (Å²) in [4.78, 5) is 0. The molecule has 0 radical (unpaired) electrons. The summed E-state index contributed by atoms with van der Waals surface area (Å²) >= 11 is 2.06. The minimum absolute atomic E-state index is 0.269. The Morgan fingerprint density at radius 3 is 2.39 bits per heavy atom. The lowest BCUT2D eigenvalue weighted by molar-refractivity contribution is 0.481. The maximum absolute atomic E-state index is 6.50. The average Bonchev–Trinajstić information content (AvgIpc) is 2.71. The molecule has 0 spiro atoms. The smallest absolute Gasteiger partial charge is 0.0286 e. The topological polar surface area (TPSA) is 26.0 Å². The largest absolute Gasteiger partial charge is 0.326 e. The maximum Gasteiger partial charge on any atom is 0.0286 e. The summed E-state index contributed by atoms with van der Waals surface area (Å²) in [6.07, 6.45) is 3.60. The van der Waals surface area contributed by atoms with E-state index in [4.69, 9.17) is 5.73 Å². The number of aryl methyl sites for hydroxylation is 3. The Balaban J connectivity index is 2.19. The molecule has 2 unspecified atom stereocenters. The van der Waals surface area contributed by atoms with Gasteiger partial charge in [-0.2, -0.15) is 11.8 Å². The molecule has 1 nitrogen and oxygen atoms in total. The van der Waals surface area contributed by atoms with Crippen LogP contribution in [0.15, 0.2) is 12.1 Å². The van der Waals surface area contributed by atoms with Crippen LogP contribution in [0.4, 0.5) is 0 Å². The van der Waals surface area contributed by atoms with Crippen LogP contribution in [-0.4, -0.2) is 16.5 Å². The second-order valence-corrected chi connectivity index (χ2v) is 7.58. The van der Waals surface area contributed by atoms with Gasteiger partial charge in [-0.1, -0.05) is 17.7 Å². The molecule has 0 saturated carbocycles. The van der Waals surface area contributed by atoms with Gasteiger partial charge in [0.15, 0.2) is 0 Å². The molecule has 0 aliphatic carbocycles. The van der Waals surface area contributed by atoms with Crippen LogP contribution in [0.5, 0.6) is 0 Å². The third kappa shape index (κ3) is 2.75. The molecule has 1 aliphatic rings. The Labute approximate surface area is 116 Å². The van der Waals surface area contributed by atoms with Gasteiger partial charge in [0.1, 0.15) is 0 Å². The van der Waals surface area contributed by atoms with Crippen LogP contribution < -0.4 is 5.73 Å². The first-order valence-corrected chi connectivity index (χ1v) is 7.87. The van der Waals surface area contributed by atoms with Crippen molar-refractivity contribution in [1.29, 1.82) is 0 Å². The zero-order valence-electron chi connectivity index (χ0n) is 12.0.